The number of anilines is 1. The summed E-state index contributed by atoms with van der Waals surface area (Å²) in [4.78, 5) is 23.1. The molecule has 0 spiro atoms. The molecule has 0 atom stereocenters. The molecule has 1 aliphatic carbocycles. The third-order valence-corrected chi connectivity index (χ3v) is 8.64. The molecule has 1 fully saturated rings. The summed E-state index contributed by atoms with van der Waals surface area (Å²) in [6.07, 6.45) is 4.70. The van der Waals surface area contributed by atoms with E-state index in [0.717, 1.165) is 64.9 Å². The number of amides is 1. The minimum atomic E-state index is -2.35. The fourth-order valence-electron chi connectivity index (χ4n) is 6.38. The zero-order valence-electron chi connectivity index (χ0n) is 25.2. The molecule has 0 aliphatic heterocycles. The molecular weight excluding hydrogens is 566 g/mol. The molecule has 0 unspecified atom stereocenters. The van der Waals surface area contributed by atoms with Crippen LogP contribution >= 0.6 is 0 Å². The Morgan fingerprint density at radius 1 is 1.07 bits per heavy atom. The van der Waals surface area contributed by atoms with Crippen molar-refractivity contribution in [2.45, 2.75) is 51.0 Å². The maximum absolute atomic E-state index is 13.4. The number of aromatic nitrogens is 4. The number of methoxy groups -OCH3 is 2. The summed E-state index contributed by atoms with van der Waals surface area (Å²) in [5.41, 5.74) is 5.27. The number of aryl methyl sites for hydroxylation is 2. The first-order chi connectivity index (χ1) is 21.3. The zero-order chi connectivity index (χ0) is 31.0. The number of alkyl halides is 2. The number of benzene rings is 2. The molecule has 0 radical (unpaired) electrons. The van der Waals surface area contributed by atoms with Gasteiger partial charge in [-0.1, -0.05) is 12.1 Å². The fourth-order valence-corrected chi connectivity index (χ4v) is 6.38. The highest BCUT2D eigenvalue weighted by Crippen LogP contribution is 2.38. The summed E-state index contributed by atoms with van der Waals surface area (Å²) in [6, 6.07) is 13.3. The third kappa shape index (κ3) is 5.47. The monoisotopic (exact) mass is 602 g/mol. The average molecular weight is 603 g/mol. The van der Waals surface area contributed by atoms with Gasteiger partial charge in [-0.2, -0.15) is 0 Å². The number of halogens is 2. The molecule has 6 rings (SSSR count). The number of hydrogen-bond donors (Lipinski definition) is 2. The molecular formula is C33H36F2N6O3. The van der Waals surface area contributed by atoms with Gasteiger partial charge in [0.2, 0.25) is 0 Å². The molecule has 1 amide bonds. The third-order valence-electron chi connectivity index (χ3n) is 8.64. The average Bonchev–Trinajstić information content (AvgIpc) is 3.59. The molecule has 2 N–H and O–H groups in total. The summed E-state index contributed by atoms with van der Waals surface area (Å²) >= 11 is 0. The first kappa shape index (κ1) is 29.6. The van der Waals surface area contributed by atoms with Gasteiger partial charge in [0, 0.05) is 42.4 Å². The summed E-state index contributed by atoms with van der Waals surface area (Å²) in [7, 11) is 5.03. The topological polar surface area (TPSA) is 94.7 Å². The molecule has 44 heavy (non-hydrogen) atoms. The number of ether oxygens (including phenoxy) is 2. The van der Waals surface area contributed by atoms with E-state index >= 15 is 0 Å². The highest BCUT2D eigenvalue weighted by molar-refractivity contribution is 6.08. The quantitative estimate of drug-likeness (QED) is 0.204. The maximum Gasteiger partial charge on any atom is 0.272 e. The number of nitrogens with zero attached hydrogens (tertiary/aromatic N) is 4. The summed E-state index contributed by atoms with van der Waals surface area (Å²) in [6.45, 7) is 1.69. The maximum atomic E-state index is 13.4. The van der Waals surface area contributed by atoms with Gasteiger partial charge in [-0.05, 0) is 62.9 Å². The van der Waals surface area contributed by atoms with Crippen LogP contribution in [0.2, 0.25) is 0 Å². The van der Waals surface area contributed by atoms with Crippen molar-refractivity contribution >= 4 is 28.0 Å². The van der Waals surface area contributed by atoms with Crippen molar-refractivity contribution in [3.8, 4) is 22.8 Å². The van der Waals surface area contributed by atoms with Crippen molar-refractivity contribution in [3.05, 3.63) is 72.1 Å². The van der Waals surface area contributed by atoms with Crippen LogP contribution in [-0.4, -0.2) is 58.1 Å². The van der Waals surface area contributed by atoms with Gasteiger partial charge in [0.15, 0.2) is 0 Å². The van der Waals surface area contributed by atoms with E-state index < -0.39 is 6.43 Å². The predicted molar refractivity (Wildman–Crippen MR) is 166 cm³/mol. The lowest BCUT2D eigenvalue weighted by molar-refractivity contribution is 0.101. The summed E-state index contributed by atoms with van der Waals surface area (Å²) in [5, 5.41) is 6.85. The van der Waals surface area contributed by atoms with Crippen LogP contribution < -0.4 is 20.1 Å². The van der Waals surface area contributed by atoms with Gasteiger partial charge in [0.1, 0.15) is 23.0 Å². The van der Waals surface area contributed by atoms with E-state index in [2.05, 4.69) is 20.0 Å². The Morgan fingerprint density at radius 2 is 1.84 bits per heavy atom. The minimum absolute atomic E-state index is 0.0948. The number of carbonyl (C=O) groups is 1. The van der Waals surface area contributed by atoms with E-state index in [1.54, 1.807) is 20.4 Å². The first-order valence-electron chi connectivity index (χ1n) is 14.8. The minimum Gasteiger partial charge on any atom is -0.496 e. The van der Waals surface area contributed by atoms with Crippen LogP contribution in [0.5, 0.6) is 11.5 Å². The SMILES string of the molecule is COc1cc(-c2nc(C3CCC(NCC(F)F)CC3)n3ccnc(C)c23)ccc1NC(=O)c1cc2c(OC)cccc2n1C. The van der Waals surface area contributed by atoms with E-state index in [9.17, 15) is 13.6 Å². The van der Waals surface area contributed by atoms with Crippen molar-refractivity contribution in [2.24, 2.45) is 7.05 Å². The van der Waals surface area contributed by atoms with Gasteiger partial charge >= 0.3 is 0 Å². The van der Waals surface area contributed by atoms with E-state index in [1.807, 2.05) is 67.2 Å². The molecule has 0 bridgehead atoms. The summed E-state index contributed by atoms with van der Waals surface area (Å²) < 4.78 is 40.5. The molecule has 1 aliphatic rings. The largest absolute Gasteiger partial charge is 0.496 e. The van der Waals surface area contributed by atoms with Crippen LogP contribution in [0.15, 0.2) is 54.9 Å². The van der Waals surface area contributed by atoms with Gasteiger partial charge in [-0.3, -0.25) is 14.2 Å². The molecule has 0 saturated heterocycles. The van der Waals surface area contributed by atoms with Gasteiger partial charge < -0.3 is 24.7 Å². The molecule has 230 valence electrons. The van der Waals surface area contributed by atoms with Gasteiger partial charge in [-0.25, -0.2) is 13.8 Å². The Hall–Kier alpha value is -4.51. The lowest BCUT2D eigenvalue weighted by Crippen LogP contribution is -2.36. The van der Waals surface area contributed by atoms with Crippen molar-refractivity contribution in [1.82, 2.24) is 24.3 Å². The van der Waals surface area contributed by atoms with Gasteiger partial charge in [0.25, 0.3) is 12.3 Å². The first-order valence-corrected chi connectivity index (χ1v) is 14.8. The highest BCUT2D eigenvalue weighted by atomic mass is 19.3. The molecule has 3 heterocycles. The normalized spacial score (nSPS) is 17.0. The van der Waals surface area contributed by atoms with Crippen molar-refractivity contribution in [1.29, 1.82) is 0 Å². The van der Waals surface area contributed by atoms with Crippen LogP contribution in [0.1, 0.15) is 53.6 Å². The van der Waals surface area contributed by atoms with E-state index in [-0.39, 0.29) is 24.4 Å². The lowest BCUT2D eigenvalue weighted by Gasteiger charge is -2.28. The molecule has 9 nitrogen and oxygen atoms in total. The van der Waals surface area contributed by atoms with Crippen molar-refractivity contribution in [3.63, 3.8) is 0 Å². The highest BCUT2D eigenvalue weighted by Gasteiger charge is 2.28. The standard InChI is InChI=1S/C33H36F2N6O3/c1-19-31-30(39-32(41(31)15-14-36-19)20-8-11-22(12-9-20)37-18-29(34)35)21-10-13-24(28(16-21)44-4)38-33(42)26-17-23-25(40(26)2)6-5-7-27(23)43-3/h5-7,10,13-17,20,22,29,37H,8-9,11-12,18H2,1-4H3,(H,38,42). The fraction of sp³-hybridized carbons (Fsp3) is 0.364. The van der Waals surface area contributed by atoms with Crippen molar-refractivity contribution < 1.29 is 23.0 Å². The Kier molecular flexibility index (Phi) is 8.22. The van der Waals surface area contributed by atoms with Crippen LogP contribution in [0.25, 0.3) is 27.7 Å². The smallest absolute Gasteiger partial charge is 0.272 e. The van der Waals surface area contributed by atoms with Crippen LogP contribution in [0, 0.1) is 6.92 Å². The van der Waals surface area contributed by atoms with E-state index in [1.165, 1.54) is 0 Å². The van der Waals surface area contributed by atoms with Gasteiger partial charge in [-0.15, -0.1) is 0 Å². The molecule has 2 aromatic carbocycles. The lowest BCUT2D eigenvalue weighted by atomic mass is 9.85. The second kappa shape index (κ2) is 12.2. The number of nitrogens with one attached hydrogen (secondary N) is 2. The predicted octanol–water partition coefficient (Wildman–Crippen LogP) is 6.35. The zero-order valence-corrected chi connectivity index (χ0v) is 25.2. The number of imidazole rings is 1. The number of rotatable bonds is 9. The van der Waals surface area contributed by atoms with Crippen molar-refractivity contribution in [2.75, 3.05) is 26.1 Å². The Bertz CT molecular complexity index is 1820. The molecule has 1 saturated carbocycles. The Balaban J connectivity index is 1.29. The molecule has 5 aromatic rings. The van der Waals surface area contributed by atoms with Crippen LogP contribution in [0.3, 0.4) is 0 Å². The Morgan fingerprint density at radius 3 is 2.57 bits per heavy atom. The van der Waals surface area contributed by atoms with Gasteiger partial charge in [0.05, 0.1) is 48.9 Å². The summed E-state index contributed by atoms with van der Waals surface area (Å²) in [5.74, 6) is 2.07. The van der Waals surface area contributed by atoms with Crippen LogP contribution in [0.4, 0.5) is 14.5 Å². The number of hydrogen-bond acceptors (Lipinski definition) is 6. The Labute approximate surface area is 254 Å². The van der Waals surface area contributed by atoms with E-state index in [0.29, 0.717) is 22.9 Å². The molecule has 3 aromatic heterocycles. The van der Waals surface area contributed by atoms with E-state index in [4.69, 9.17) is 14.5 Å². The van der Waals surface area contributed by atoms with Crippen LogP contribution in [-0.2, 0) is 7.05 Å². The number of fused-ring (bicyclic) bond motifs is 2. The number of carbonyl (C=O) groups excluding carboxylic acids is 1. The second-order valence-corrected chi connectivity index (χ2v) is 11.2. The second-order valence-electron chi connectivity index (χ2n) is 11.2. The molecule has 11 heteroatoms.